The zero-order valence-corrected chi connectivity index (χ0v) is 26.4. The van der Waals surface area contributed by atoms with Crippen LogP contribution in [-0.2, 0) is 19.1 Å². The molecule has 0 aliphatic heterocycles. The summed E-state index contributed by atoms with van der Waals surface area (Å²) in [4.78, 5) is 35.8. The number of nitrogens with one attached hydrogen (secondary N) is 2. The van der Waals surface area contributed by atoms with Gasteiger partial charge in [-0.25, -0.2) is 0 Å². The fourth-order valence-corrected chi connectivity index (χ4v) is 3.30. The molecule has 0 spiro atoms. The molecule has 0 aromatic carbocycles. The highest BCUT2D eigenvalue weighted by atomic mass is 32.1. The van der Waals surface area contributed by atoms with Crippen LogP contribution >= 0.6 is 12.6 Å². The second kappa shape index (κ2) is 28.7. The number of esters is 1. The van der Waals surface area contributed by atoms with E-state index in [1.807, 2.05) is 0 Å². The Morgan fingerprint density at radius 2 is 1.34 bits per heavy atom. The number of carbonyl (C=O) groups excluding carboxylic acids is 3. The number of carbonyl (C=O) groups is 3. The van der Waals surface area contributed by atoms with Crippen LogP contribution in [0, 0.1) is 5.41 Å². The van der Waals surface area contributed by atoms with Crippen molar-refractivity contribution in [2.75, 3.05) is 25.4 Å². The average molecular weight is 591 g/mol. The van der Waals surface area contributed by atoms with E-state index in [2.05, 4.69) is 104 Å². The van der Waals surface area contributed by atoms with Crippen LogP contribution in [0.5, 0.6) is 0 Å². The second-order valence-corrected chi connectivity index (χ2v) is 10.2. The van der Waals surface area contributed by atoms with E-state index in [1.54, 1.807) is 13.8 Å². The van der Waals surface area contributed by atoms with E-state index in [1.165, 1.54) is 0 Å². The highest BCUT2D eigenvalue weighted by Crippen LogP contribution is 2.22. The van der Waals surface area contributed by atoms with E-state index in [-0.39, 0.29) is 37.9 Å². The number of hydrogen-bond acceptors (Lipinski definition) is 6. The zero-order chi connectivity index (χ0) is 31.2. The van der Waals surface area contributed by atoms with E-state index >= 15 is 0 Å². The van der Waals surface area contributed by atoms with Crippen molar-refractivity contribution >= 4 is 30.4 Å². The van der Waals surface area contributed by atoms with Crippen molar-refractivity contribution in [1.29, 1.82) is 0 Å². The van der Waals surface area contributed by atoms with E-state index in [0.717, 1.165) is 38.5 Å². The minimum Gasteiger partial charge on any atom is -0.465 e. The lowest BCUT2D eigenvalue weighted by atomic mass is 9.87. The van der Waals surface area contributed by atoms with E-state index in [9.17, 15) is 19.5 Å². The Kier molecular flexibility index (Phi) is 28.2. The quantitative estimate of drug-likeness (QED) is 0.0521. The molecule has 0 aromatic heterocycles. The van der Waals surface area contributed by atoms with Crippen LogP contribution in [0.4, 0.5) is 0 Å². The molecule has 232 valence electrons. The highest BCUT2D eigenvalue weighted by molar-refractivity contribution is 7.80. The third-order valence-corrected chi connectivity index (χ3v) is 5.81. The number of unbranched alkanes of at least 4 members (excludes halogenated alkanes) is 1. The fourth-order valence-electron chi connectivity index (χ4n) is 3.18. The Bertz CT molecular complexity index is 847. The molecule has 8 heteroatoms. The third-order valence-electron chi connectivity index (χ3n) is 5.59. The molecular weight excluding hydrogens is 536 g/mol. The summed E-state index contributed by atoms with van der Waals surface area (Å²) in [6.07, 6.45) is 26.8. The summed E-state index contributed by atoms with van der Waals surface area (Å²) >= 11 is 4.01. The molecule has 0 saturated carbocycles. The van der Waals surface area contributed by atoms with Crippen molar-refractivity contribution < 1.29 is 24.2 Å². The number of allylic oxidation sites excluding steroid dienone is 10. The summed E-state index contributed by atoms with van der Waals surface area (Å²) in [7, 11) is 0. The maximum absolute atomic E-state index is 12.2. The molecule has 0 unspecified atom stereocenters. The number of ether oxygens (including phenoxy) is 1. The SMILES string of the molecule is C=C.CC/C=C\C/C=C\C/C=C\C/C=C\C/C=C\CCCC(=O)OCC(C)(C)[C@@H](O)C(=O)NCCC(=O)NCCS. The molecule has 0 rings (SSSR count). The van der Waals surface area contributed by atoms with Gasteiger partial charge >= 0.3 is 5.97 Å². The Hall–Kier alpha value is -2.84. The van der Waals surface area contributed by atoms with Gasteiger partial charge in [0.2, 0.25) is 11.8 Å². The lowest BCUT2D eigenvalue weighted by Gasteiger charge is -2.29. The average Bonchev–Trinajstić information content (AvgIpc) is 2.97. The molecule has 0 aliphatic carbocycles. The number of aliphatic hydroxyl groups excluding tert-OH is 1. The van der Waals surface area contributed by atoms with Gasteiger partial charge in [0.25, 0.3) is 0 Å². The maximum atomic E-state index is 12.2. The van der Waals surface area contributed by atoms with Crippen LogP contribution in [0.1, 0.15) is 78.6 Å². The first-order chi connectivity index (χ1) is 19.7. The van der Waals surface area contributed by atoms with Gasteiger partial charge in [-0.3, -0.25) is 14.4 Å². The van der Waals surface area contributed by atoms with Crippen molar-refractivity contribution in [3.05, 3.63) is 73.9 Å². The summed E-state index contributed by atoms with van der Waals surface area (Å²) < 4.78 is 5.29. The number of thiol groups is 1. The predicted molar refractivity (Wildman–Crippen MR) is 175 cm³/mol. The minimum atomic E-state index is -1.37. The molecule has 0 aliphatic rings. The lowest BCUT2D eigenvalue weighted by Crippen LogP contribution is -2.47. The van der Waals surface area contributed by atoms with Gasteiger partial charge in [0.1, 0.15) is 6.10 Å². The second-order valence-electron chi connectivity index (χ2n) is 9.77. The molecule has 0 fully saturated rings. The van der Waals surface area contributed by atoms with Crippen molar-refractivity contribution in [2.45, 2.75) is 84.7 Å². The van der Waals surface area contributed by atoms with Crippen molar-refractivity contribution in [2.24, 2.45) is 5.41 Å². The summed E-state index contributed by atoms with van der Waals surface area (Å²) in [6.45, 7) is 11.9. The number of aliphatic hydroxyl groups is 1. The fraction of sp³-hybridized carbons (Fsp3) is 0.545. The summed E-state index contributed by atoms with van der Waals surface area (Å²) in [5.41, 5.74) is -0.960. The summed E-state index contributed by atoms with van der Waals surface area (Å²) in [5.74, 6) is -0.621. The molecule has 0 aromatic rings. The number of amides is 2. The number of rotatable bonds is 22. The van der Waals surface area contributed by atoms with E-state index in [0.29, 0.717) is 18.7 Å². The standard InChI is InChI=1S/C31H50N2O5S.C2H4/c1-4-5-6-7-8-9-10-11-12-13-14-15-16-17-18-19-20-21-28(35)38-26-31(2,3)29(36)30(37)33-23-22-27(34)32-24-25-39;1-2/h5-6,8-9,11-12,14-15,17-18,29,36,39H,4,7,10,13,16,19-26H2,1-3H3,(H,32,34)(H,33,37);1-2H2/b6-5-,9-8-,12-11-,15-14-,18-17-;/t29-;/m0./s1. The monoisotopic (exact) mass is 590 g/mol. The zero-order valence-electron chi connectivity index (χ0n) is 25.5. The molecule has 3 N–H and O–H groups in total. The molecule has 0 bridgehead atoms. The largest absolute Gasteiger partial charge is 0.465 e. The minimum absolute atomic E-state index is 0.0788. The topological polar surface area (TPSA) is 105 Å². The molecule has 7 nitrogen and oxygen atoms in total. The Labute approximate surface area is 254 Å². The summed E-state index contributed by atoms with van der Waals surface area (Å²) in [6, 6.07) is 0. The first kappa shape index (κ1) is 40.3. The van der Waals surface area contributed by atoms with E-state index < -0.39 is 17.4 Å². The van der Waals surface area contributed by atoms with Gasteiger partial charge in [-0.1, -0.05) is 81.5 Å². The molecular formula is C33H54N2O5S. The molecule has 0 saturated heterocycles. The smallest absolute Gasteiger partial charge is 0.305 e. The normalized spacial score (nSPS) is 12.7. The van der Waals surface area contributed by atoms with Crippen molar-refractivity contribution in [3.8, 4) is 0 Å². The molecule has 0 radical (unpaired) electrons. The van der Waals surface area contributed by atoms with Gasteiger partial charge in [0.05, 0.1) is 6.61 Å². The predicted octanol–water partition coefficient (Wildman–Crippen LogP) is 6.19. The van der Waals surface area contributed by atoms with E-state index in [4.69, 9.17) is 4.74 Å². The van der Waals surface area contributed by atoms with Crippen LogP contribution < -0.4 is 10.6 Å². The van der Waals surface area contributed by atoms with Gasteiger partial charge < -0.3 is 20.5 Å². The van der Waals surface area contributed by atoms with Gasteiger partial charge in [0.15, 0.2) is 0 Å². The number of hydrogen-bond donors (Lipinski definition) is 4. The lowest BCUT2D eigenvalue weighted by molar-refractivity contribution is -0.153. The molecule has 41 heavy (non-hydrogen) atoms. The van der Waals surface area contributed by atoms with Crippen LogP contribution in [0.15, 0.2) is 73.9 Å². The van der Waals surface area contributed by atoms with Gasteiger partial charge in [-0.15, -0.1) is 13.2 Å². The van der Waals surface area contributed by atoms with Gasteiger partial charge in [-0.05, 0) is 44.9 Å². The highest BCUT2D eigenvalue weighted by Gasteiger charge is 2.34. The Balaban J connectivity index is 0. The van der Waals surface area contributed by atoms with Crippen molar-refractivity contribution in [1.82, 2.24) is 10.6 Å². The Morgan fingerprint density at radius 1 is 0.829 bits per heavy atom. The van der Waals surface area contributed by atoms with Crippen LogP contribution in [0.2, 0.25) is 0 Å². The molecule has 0 heterocycles. The van der Waals surface area contributed by atoms with Crippen LogP contribution in [0.3, 0.4) is 0 Å². The first-order valence-electron chi connectivity index (χ1n) is 14.5. The first-order valence-corrected chi connectivity index (χ1v) is 15.1. The maximum Gasteiger partial charge on any atom is 0.305 e. The Morgan fingerprint density at radius 3 is 1.85 bits per heavy atom. The van der Waals surface area contributed by atoms with Gasteiger partial charge in [-0.2, -0.15) is 12.6 Å². The molecule has 1 atom stereocenters. The van der Waals surface area contributed by atoms with Gasteiger partial charge in [0, 0.05) is 37.1 Å². The third kappa shape index (κ3) is 25.8. The van der Waals surface area contributed by atoms with Crippen LogP contribution in [-0.4, -0.2) is 54.4 Å². The molecule has 2 amide bonds. The van der Waals surface area contributed by atoms with Crippen molar-refractivity contribution in [3.63, 3.8) is 0 Å². The summed E-state index contributed by atoms with van der Waals surface area (Å²) in [5, 5.41) is 15.6. The van der Waals surface area contributed by atoms with Crippen LogP contribution in [0.25, 0.3) is 0 Å².